The van der Waals surface area contributed by atoms with Gasteiger partial charge in [0, 0.05) is 31.7 Å². The van der Waals surface area contributed by atoms with Gasteiger partial charge in [-0.05, 0) is 59.9 Å². The van der Waals surface area contributed by atoms with E-state index in [2.05, 4.69) is 62.9 Å². The second kappa shape index (κ2) is 8.73. The molecule has 6 heteroatoms. The number of benzene rings is 1. The zero-order chi connectivity index (χ0) is 24.0. The third-order valence-electron chi connectivity index (χ3n) is 7.60. The number of anilines is 1. The second-order valence-electron chi connectivity index (χ2n) is 11.0. The van der Waals surface area contributed by atoms with Crippen molar-refractivity contribution >= 4 is 11.7 Å². The lowest BCUT2D eigenvalue weighted by Gasteiger charge is -2.42. The first kappa shape index (κ1) is 23.7. The zero-order valence-corrected chi connectivity index (χ0v) is 20.6. The van der Waals surface area contributed by atoms with Crippen LogP contribution in [0.25, 0.3) is 11.3 Å². The number of pyridine rings is 1. The molecule has 2 aliphatic rings. The van der Waals surface area contributed by atoms with Gasteiger partial charge >= 0.3 is 0 Å². The minimum absolute atomic E-state index is 0.161. The number of carbonyl (C=O) groups is 1. The molecule has 1 aromatic heterocycles. The molecule has 1 amide bonds. The van der Waals surface area contributed by atoms with E-state index >= 15 is 0 Å². The summed E-state index contributed by atoms with van der Waals surface area (Å²) < 4.78 is 0. The minimum Gasteiger partial charge on any atom is -0.391 e. The highest BCUT2D eigenvalue weighted by Crippen LogP contribution is 2.46. The van der Waals surface area contributed by atoms with Crippen molar-refractivity contribution in [1.82, 2.24) is 9.88 Å². The summed E-state index contributed by atoms with van der Waals surface area (Å²) in [5.74, 6) is 0.739. The van der Waals surface area contributed by atoms with E-state index < -0.39 is 12.1 Å². The van der Waals surface area contributed by atoms with Gasteiger partial charge < -0.3 is 20.6 Å². The third-order valence-corrected chi connectivity index (χ3v) is 7.60. The Labute approximate surface area is 197 Å². The summed E-state index contributed by atoms with van der Waals surface area (Å²) in [6, 6.07) is 12.2. The van der Waals surface area contributed by atoms with Crippen LogP contribution in [0.3, 0.4) is 0 Å². The van der Waals surface area contributed by atoms with Crippen molar-refractivity contribution in [2.75, 3.05) is 31.1 Å². The summed E-state index contributed by atoms with van der Waals surface area (Å²) in [6.07, 6.45) is 1.54. The topological polar surface area (TPSA) is 82.7 Å². The van der Waals surface area contributed by atoms with Gasteiger partial charge in [-0.3, -0.25) is 4.79 Å². The Morgan fingerprint density at radius 2 is 1.64 bits per heavy atom. The van der Waals surface area contributed by atoms with Crippen molar-refractivity contribution < 1.29 is 9.90 Å². The van der Waals surface area contributed by atoms with Crippen LogP contribution in [0.1, 0.15) is 58.6 Å². The molecule has 0 radical (unpaired) electrons. The van der Waals surface area contributed by atoms with Crippen molar-refractivity contribution in [3.05, 3.63) is 47.5 Å². The van der Waals surface area contributed by atoms with Gasteiger partial charge in [0.15, 0.2) is 0 Å². The number of aromatic nitrogens is 1. The van der Waals surface area contributed by atoms with E-state index in [0.29, 0.717) is 26.2 Å². The average molecular weight is 451 g/mol. The molecule has 1 aliphatic carbocycles. The molecule has 1 fully saturated rings. The number of aliphatic hydroxyl groups excluding tert-OH is 1. The van der Waals surface area contributed by atoms with E-state index in [1.807, 2.05) is 6.07 Å². The van der Waals surface area contributed by atoms with Crippen LogP contribution >= 0.6 is 0 Å². The number of piperazine rings is 1. The lowest BCUT2D eigenvalue weighted by atomic mass is 9.63. The molecular formula is C27H38N4O2. The Morgan fingerprint density at radius 1 is 1.00 bits per heavy atom. The Balaban J connectivity index is 1.54. The van der Waals surface area contributed by atoms with Crippen LogP contribution in [0, 0.1) is 0 Å². The third kappa shape index (κ3) is 4.64. The van der Waals surface area contributed by atoms with Crippen LogP contribution in [0.5, 0.6) is 0 Å². The summed E-state index contributed by atoms with van der Waals surface area (Å²) in [7, 11) is 0. The first-order chi connectivity index (χ1) is 15.5. The van der Waals surface area contributed by atoms with Crippen LogP contribution in [0.2, 0.25) is 0 Å². The fraction of sp³-hybridized carbons (Fsp3) is 0.556. The van der Waals surface area contributed by atoms with Crippen LogP contribution in [0.4, 0.5) is 5.82 Å². The SMILES string of the molecule is C[C@H](O)C(N)C(=O)N1CCN(c2cccc(-c3ccc4c(c3)C(C)(C)CCC4(C)C)n2)CC1. The number of aliphatic hydroxyl groups is 1. The van der Waals surface area contributed by atoms with Crippen molar-refractivity contribution in [2.45, 2.75) is 70.4 Å². The van der Waals surface area contributed by atoms with Gasteiger partial charge in [0.05, 0.1) is 11.8 Å². The molecule has 33 heavy (non-hydrogen) atoms. The maximum atomic E-state index is 12.4. The van der Waals surface area contributed by atoms with Crippen LogP contribution in [-0.4, -0.2) is 59.2 Å². The van der Waals surface area contributed by atoms with Gasteiger partial charge in [0.2, 0.25) is 5.91 Å². The minimum atomic E-state index is -0.865. The molecule has 178 valence electrons. The van der Waals surface area contributed by atoms with Crippen LogP contribution in [-0.2, 0) is 15.6 Å². The van der Waals surface area contributed by atoms with Crippen LogP contribution < -0.4 is 10.6 Å². The molecule has 1 unspecified atom stereocenters. The number of amides is 1. The summed E-state index contributed by atoms with van der Waals surface area (Å²) >= 11 is 0. The number of carbonyl (C=O) groups excluding carboxylic acids is 1. The molecule has 6 nitrogen and oxygen atoms in total. The van der Waals surface area contributed by atoms with Crippen LogP contribution in [0.15, 0.2) is 36.4 Å². The maximum absolute atomic E-state index is 12.4. The molecule has 2 heterocycles. The summed E-state index contributed by atoms with van der Waals surface area (Å²) in [5, 5.41) is 9.63. The summed E-state index contributed by atoms with van der Waals surface area (Å²) in [5.41, 5.74) is 11.2. The van der Waals surface area contributed by atoms with E-state index in [1.165, 1.54) is 24.0 Å². The number of fused-ring (bicyclic) bond motifs is 1. The average Bonchev–Trinajstić information content (AvgIpc) is 2.81. The number of rotatable bonds is 4. The van der Waals surface area contributed by atoms with Crippen molar-refractivity contribution in [2.24, 2.45) is 5.73 Å². The highest BCUT2D eigenvalue weighted by molar-refractivity contribution is 5.82. The summed E-state index contributed by atoms with van der Waals surface area (Å²) in [6.45, 7) is 13.5. The molecule has 0 saturated carbocycles. The van der Waals surface area contributed by atoms with E-state index in [1.54, 1.807) is 11.8 Å². The molecule has 0 bridgehead atoms. The van der Waals surface area contributed by atoms with E-state index in [9.17, 15) is 9.90 Å². The first-order valence-electron chi connectivity index (χ1n) is 12.1. The molecule has 0 spiro atoms. The Kier molecular flexibility index (Phi) is 6.27. The standard InChI is InChI=1S/C27H38N4O2/c1-18(32)24(28)25(33)31-15-13-30(14-16-31)23-8-6-7-22(29-23)19-9-10-20-21(17-19)27(4,5)12-11-26(20,2)3/h6-10,17-18,24,32H,11-16,28H2,1-5H3/t18-,24?/m0/s1. The quantitative estimate of drug-likeness (QED) is 0.746. The van der Waals surface area contributed by atoms with Crippen molar-refractivity contribution in [3.63, 3.8) is 0 Å². The maximum Gasteiger partial charge on any atom is 0.242 e. The van der Waals surface area contributed by atoms with E-state index in [-0.39, 0.29) is 16.7 Å². The molecule has 2 aromatic rings. The van der Waals surface area contributed by atoms with Gasteiger partial charge in [-0.1, -0.05) is 45.9 Å². The predicted octanol–water partition coefficient (Wildman–Crippen LogP) is 3.45. The Morgan fingerprint density at radius 3 is 2.27 bits per heavy atom. The van der Waals surface area contributed by atoms with E-state index in [0.717, 1.165) is 17.1 Å². The Hall–Kier alpha value is -2.44. The number of nitrogens with two attached hydrogens (primary N) is 1. The number of hydrogen-bond acceptors (Lipinski definition) is 5. The Bertz CT molecular complexity index is 1020. The molecule has 2 atom stereocenters. The monoisotopic (exact) mass is 450 g/mol. The first-order valence-corrected chi connectivity index (χ1v) is 12.1. The largest absolute Gasteiger partial charge is 0.391 e. The van der Waals surface area contributed by atoms with Crippen molar-refractivity contribution in [3.8, 4) is 11.3 Å². The smallest absolute Gasteiger partial charge is 0.242 e. The predicted molar refractivity (Wildman–Crippen MR) is 133 cm³/mol. The molecule has 1 aliphatic heterocycles. The lowest BCUT2D eigenvalue weighted by Crippen LogP contribution is -2.55. The highest BCUT2D eigenvalue weighted by Gasteiger charge is 2.37. The zero-order valence-electron chi connectivity index (χ0n) is 20.6. The number of hydrogen-bond donors (Lipinski definition) is 2. The fourth-order valence-corrected chi connectivity index (χ4v) is 5.08. The lowest BCUT2D eigenvalue weighted by molar-refractivity contribution is -0.135. The van der Waals surface area contributed by atoms with Gasteiger partial charge in [-0.25, -0.2) is 4.98 Å². The van der Waals surface area contributed by atoms with Gasteiger partial charge in [0.25, 0.3) is 0 Å². The van der Waals surface area contributed by atoms with Gasteiger partial charge in [-0.15, -0.1) is 0 Å². The van der Waals surface area contributed by atoms with Gasteiger partial charge in [-0.2, -0.15) is 0 Å². The molecule has 1 saturated heterocycles. The fourth-order valence-electron chi connectivity index (χ4n) is 5.08. The highest BCUT2D eigenvalue weighted by atomic mass is 16.3. The molecule has 1 aromatic carbocycles. The molecule has 3 N–H and O–H groups in total. The second-order valence-corrected chi connectivity index (χ2v) is 11.0. The van der Waals surface area contributed by atoms with Gasteiger partial charge in [0.1, 0.15) is 11.9 Å². The normalized spacial score (nSPS) is 21.3. The molecule has 4 rings (SSSR count). The molecular weight excluding hydrogens is 412 g/mol. The summed E-state index contributed by atoms with van der Waals surface area (Å²) in [4.78, 5) is 21.4. The van der Waals surface area contributed by atoms with E-state index in [4.69, 9.17) is 10.7 Å². The number of nitrogens with zero attached hydrogens (tertiary/aromatic N) is 3. The van der Waals surface area contributed by atoms with Crippen molar-refractivity contribution in [1.29, 1.82) is 0 Å².